The van der Waals surface area contributed by atoms with Gasteiger partial charge in [0.15, 0.2) is 0 Å². The average molecular weight is 454 g/mol. The van der Waals surface area contributed by atoms with Crippen LogP contribution < -0.4 is 15.4 Å². The van der Waals surface area contributed by atoms with Gasteiger partial charge in [0.25, 0.3) is 0 Å². The minimum Gasteiger partial charge on any atom is -0.495 e. The maximum atomic E-state index is 12.5. The Morgan fingerprint density at radius 2 is 1.91 bits per heavy atom. The Morgan fingerprint density at radius 3 is 2.74 bits per heavy atom. The third-order valence-electron chi connectivity index (χ3n) is 5.44. The van der Waals surface area contributed by atoms with Crippen molar-refractivity contribution in [2.45, 2.75) is 13.6 Å². The largest absolute Gasteiger partial charge is 0.495 e. The number of aromatic nitrogens is 5. The van der Waals surface area contributed by atoms with Crippen molar-refractivity contribution < 1.29 is 9.53 Å². The number of rotatable bonds is 6. The molecule has 0 fully saturated rings. The summed E-state index contributed by atoms with van der Waals surface area (Å²) in [6.07, 6.45) is 5.45. The molecule has 0 aliphatic carbocycles. The number of anilines is 1. The van der Waals surface area contributed by atoms with Gasteiger partial charge in [0, 0.05) is 17.1 Å². The van der Waals surface area contributed by atoms with Crippen molar-refractivity contribution in [2.75, 3.05) is 12.4 Å². The fourth-order valence-electron chi connectivity index (χ4n) is 3.76. The first-order chi connectivity index (χ1) is 16.6. The van der Waals surface area contributed by atoms with Gasteiger partial charge in [-0.2, -0.15) is 0 Å². The van der Waals surface area contributed by atoms with Crippen LogP contribution in [0.2, 0.25) is 0 Å². The number of nitrogens with zero attached hydrogens (tertiary/aromatic N) is 5. The number of imidazole rings is 1. The second-order valence-corrected chi connectivity index (χ2v) is 7.77. The summed E-state index contributed by atoms with van der Waals surface area (Å²) in [5.41, 5.74) is 4.07. The van der Waals surface area contributed by atoms with Crippen LogP contribution in [0.1, 0.15) is 5.69 Å². The Bertz CT molecular complexity index is 1470. The van der Waals surface area contributed by atoms with Crippen LogP contribution in [0.25, 0.3) is 27.7 Å². The molecule has 5 aromatic rings. The Kier molecular flexibility index (Phi) is 5.65. The molecule has 0 spiro atoms. The molecule has 2 amide bonds. The number of urea groups is 1. The molecule has 5 rings (SSSR count). The van der Waals surface area contributed by atoms with Crippen LogP contribution in [-0.4, -0.2) is 37.7 Å². The Hall–Kier alpha value is -4.66. The summed E-state index contributed by atoms with van der Waals surface area (Å²) >= 11 is 0. The van der Waals surface area contributed by atoms with Gasteiger partial charge in [-0.1, -0.05) is 47.7 Å². The van der Waals surface area contributed by atoms with Crippen molar-refractivity contribution in [2.24, 2.45) is 0 Å². The normalized spacial score (nSPS) is 10.9. The van der Waals surface area contributed by atoms with Crippen LogP contribution in [0.5, 0.6) is 5.75 Å². The van der Waals surface area contributed by atoms with E-state index in [2.05, 4.69) is 25.9 Å². The van der Waals surface area contributed by atoms with E-state index in [-0.39, 0.29) is 12.7 Å². The van der Waals surface area contributed by atoms with E-state index >= 15 is 0 Å². The van der Waals surface area contributed by atoms with E-state index < -0.39 is 0 Å². The molecule has 0 unspecified atom stereocenters. The fourth-order valence-corrected chi connectivity index (χ4v) is 3.76. The fraction of sp³-hybridized carbons (Fsp3) is 0.120. The topological polar surface area (TPSA) is 98.9 Å². The molecule has 0 bridgehead atoms. The first-order valence-corrected chi connectivity index (χ1v) is 10.7. The van der Waals surface area contributed by atoms with Crippen LogP contribution in [-0.2, 0) is 6.67 Å². The van der Waals surface area contributed by atoms with E-state index in [1.54, 1.807) is 24.3 Å². The summed E-state index contributed by atoms with van der Waals surface area (Å²) < 4.78 is 9.05. The number of nitrogens with one attached hydrogen (secondary N) is 2. The first-order valence-electron chi connectivity index (χ1n) is 10.7. The summed E-state index contributed by atoms with van der Waals surface area (Å²) in [5.74, 6) is 0.692. The number of carbonyl (C=O) groups excluding carboxylic acids is 1. The predicted molar refractivity (Wildman–Crippen MR) is 130 cm³/mol. The van der Waals surface area contributed by atoms with Gasteiger partial charge in [-0.15, -0.1) is 5.10 Å². The van der Waals surface area contributed by atoms with Crippen LogP contribution in [0.4, 0.5) is 10.5 Å². The van der Waals surface area contributed by atoms with E-state index in [1.165, 1.54) is 0 Å². The van der Waals surface area contributed by atoms with E-state index in [0.717, 1.165) is 33.4 Å². The van der Waals surface area contributed by atoms with Crippen LogP contribution in [0.3, 0.4) is 0 Å². The zero-order valence-electron chi connectivity index (χ0n) is 18.8. The Labute approximate surface area is 196 Å². The van der Waals surface area contributed by atoms with Crippen molar-refractivity contribution in [1.29, 1.82) is 0 Å². The minimum atomic E-state index is -0.324. The number of aryl methyl sites for hydroxylation is 1. The number of carbonyl (C=O) groups is 1. The number of hydrogen-bond acceptors (Lipinski definition) is 5. The van der Waals surface area contributed by atoms with Crippen LogP contribution in [0, 0.1) is 6.92 Å². The van der Waals surface area contributed by atoms with Gasteiger partial charge in [-0.25, -0.2) is 14.5 Å². The maximum absolute atomic E-state index is 12.5. The molecule has 0 atom stereocenters. The lowest BCUT2D eigenvalue weighted by Crippen LogP contribution is -2.30. The second kappa shape index (κ2) is 9.07. The molecule has 0 saturated carbocycles. The van der Waals surface area contributed by atoms with E-state index in [9.17, 15) is 4.79 Å². The monoisotopic (exact) mass is 453 g/mol. The summed E-state index contributed by atoms with van der Waals surface area (Å²) in [5, 5.41) is 16.1. The van der Waals surface area contributed by atoms with Crippen LogP contribution in [0.15, 0.2) is 79.4 Å². The summed E-state index contributed by atoms with van der Waals surface area (Å²) in [6.45, 7) is 2.11. The van der Waals surface area contributed by atoms with E-state index in [0.29, 0.717) is 11.4 Å². The number of methoxy groups -OCH3 is 1. The molecule has 2 heterocycles. The molecule has 9 nitrogen and oxygen atoms in total. The lowest BCUT2D eigenvalue weighted by atomic mass is 10.1. The van der Waals surface area contributed by atoms with Crippen molar-refractivity contribution in [1.82, 2.24) is 29.9 Å². The number of benzene rings is 3. The zero-order chi connectivity index (χ0) is 23.5. The molecule has 9 heteroatoms. The Morgan fingerprint density at radius 1 is 1.06 bits per heavy atom. The molecule has 3 aromatic carbocycles. The van der Waals surface area contributed by atoms with Gasteiger partial charge >= 0.3 is 6.03 Å². The molecular weight excluding hydrogens is 430 g/mol. The highest BCUT2D eigenvalue weighted by molar-refractivity contribution is 6.01. The highest BCUT2D eigenvalue weighted by atomic mass is 16.5. The average Bonchev–Trinajstić information content (AvgIpc) is 3.52. The predicted octanol–water partition coefficient (Wildman–Crippen LogP) is 4.38. The van der Waals surface area contributed by atoms with Gasteiger partial charge < -0.3 is 19.9 Å². The maximum Gasteiger partial charge on any atom is 0.320 e. The summed E-state index contributed by atoms with van der Waals surface area (Å²) in [6, 6.07) is 19.2. The van der Waals surface area contributed by atoms with Gasteiger partial charge in [-0.05, 0) is 30.5 Å². The molecular formula is C25H23N7O2. The van der Waals surface area contributed by atoms with Gasteiger partial charge in [0.1, 0.15) is 18.1 Å². The second-order valence-electron chi connectivity index (χ2n) is 7.77. The van der Waals surface area contributed by atoms with Crippen molar-refractivity contribution >= 4 is 22.5 Å². The standard InChI is InChI=1S/C25H23N7O2/c1-17-13-31(15-26-17)23-11-10-19(12-24(23)34-2)22-14-32(30-29-22)16-27-25(33)28-21-9-5-7-18-6-3-4-8-20(18)21/h3-15H,16H2,1-2H3,(H2,27,28,33). The quantitative estimate of drug-likeness (QED) is 0.398. The molecule has 2 aromatic heterocycles. The number of ether oxygens (including phenoxy) is 1. The molecule has 170 valence electrons. The molecule has 0 saturated heterocycles. The number of amides is 2. The molecule has 2 N–H and O–H groups in total. The van der Waals surface area contributed by atoms with Gasteiger partial charge in [0.05, 0.1) is 36.7 Å². The lowest BCUT2D eigenvalue weighted by molar-refractivity contribution is 0.249. The molecule has 0 radical (unpaired) electrons. The third-order valence-corrected chi connectivity index (χ3v) is 5.44. The first kappa shape index (κ1) is 21.2. The van der Waals surface area contributed by atoms with Gasteiger partial charge in [-0.3, -0.25) is 0 Å². The summed E-state index contributed by atoms with van der Waals surface area (Å²) in [7, 11) is 1.63. The number of hydrogen-bond donors (Lipinski definition) is 2. The minimum absolute atomic E-state index is 0.174. The van der Waals surface area contributed by atoms with E-state index in [1.807, 2.05) is 78.4 Å². The molecule has 0 aliphatic rings. The molecule has 0 aliphatic heterocycles. The molecule has 34 heavy (non-hydrogen) atoms. The van der Waals surface area contributed by atoms with Crippen molar-refractivity contribution in [3.8, 4) is 22.7 Å². The van der Waals surface area contributed by atoms with E-state index in [4.69, 9.17) is 4.74 Å². The lowest BCUT2D eigenvalue weighted by Gasteiger charge is -2.10. The van der Waals surface area contributed by atoms with Crippen LogP contribution >= 0.6 is 0 Å². The highest BCUT2D eigenvalue weighted by Crippen LogP contribution is 2.29. The highest BCUT2D eigenvalue weighted by Gasteiger charge is 2.11. The van der Waals surface area contributed by atoms with Crippen molar-refractivity contribution in [3.63, 3.8) is 0 Å². The zero-order valence-corrected chi connectivity index (χ0v) is 18.8. The Balaban J connectivity index is 1.26. The smallest absolute Gasteiger partial charge is 0.320 e. The number of fused-ring (bicyclic) bond motifs is 1. The van der Waals surface area contributed by atoms with Crippen molar-refractivity contribution in [3.05, 3.63) is 85.1 Å². The SMILES string of the molecule is COc1cc(-c2cn(CNC(=O)Nc3cccc4ccccc34)nn2)ccc1-n1cnc(C)c1. The van der Waals surface area contributed by atoms with Gasteiger partial charge in [0.2, 0.25) is 0 Å². The third kappa shape index (κ3) is 4.31. The summed E-state index contributed by atoms with van der Waals surface area (Å²) in [4.78, 5) is 16.7.